The van der Waals surface area contributed by atoms with Crippen LogP contribution in [0.5, 0.6) is 0 Å². The smallest absolute Gasteiger partial charge is 0.211 e. The van der Waals surface area contributed by atoms with Crippen LogP contribution in [0.2, 0.25) is 5.02 Å². The average Bonchev–Trinajstić information content (AvgIpc) is 2.96. The molecule has 0 saturated carbocycles. The molecule has 0 bridgehead atoms. The van der Waals surface area contributed by atoms with E-state index in [0.29, 0.717) is 43.6 Å². The minimum absolute atomic E-state index is 0.487. The molecule has 0 atom stereocenters. The largest absolute Gasteiger partial charge is 0.293 e. The lowest BCUT2D eigenvalue weighted by Gasteiger charge is -2.32. The molecule has 0 unspecified atom stereocenters. The molecule has 1 aromatic heterocycles. The van der Waals surface area contributed by atoms with Crippen molar-refractivity contribution < 1.29 is 8.42 Å². The molecular weight excluding hydrogens is 340 g/mol. The van der Waals surface area contributed by atoms with E-state index < -0.39 is 10.0 Å². The van der Waals surface area contributed by atoms with Gasteiger partial charge in [0.2, 0.25) is 10.0 Å². The lowest BCUT2D eigenvalue weighted by Crippen LogP contribution is -2.48. The third-order valence-electron chi connectivity index (χ3n) is 3.77. The van der Waals surface area contributed by atoms with Gasteiger partial charge in [0.15, 0.2) is 5.82 Å². The Hall–Kier alpha value is -1.55. The van der Waals surface area contributed by atoms with Crippen LogP contribution in [0.25, 0.3) is 5.69 Å². The van der Waals surface area contributed by atoms with Crippen LogP contribution in [-0.2, 0) is 16.6 Å². The van der Waals surface area contributed by atoms with Gasteiger partial charge in [0.25, 0.3) is 0 Å². The molecule has 3 rings (SSSR count). The van der Waals surface area contributed by atoms with Crippen molar-refractivity contribution in [3.05, 3.63) is 35.1 Å². The van der Waals surface area contributed by atoms with E-state index in [1.54, 1.807) is 16.8 Å². The molecule has 0 aliphatic carbocycles. The Labute approximate surface area is 139 Å². The lowest BCUT2D eigenvalue weighted by molar-refractivity contribution is 0.177. The number of aromatic nitrogens is 4. The van der Waals surface area contributed by atoms with Crippen molar-refractivity contribution in [3.63, 3.8) is 0 Å². The topological polar surface area (TPSA) is 84.2 Å². The Balaban J connectivity index is 1.68. The molecule has 0 amide bonds. The Morgan fingerprint density at radius 1 is 1.13 bits per heavy atom. The Bertz CT molecular complexity index is 768. The average molecular weight is 357 g/mol. The van der Waals surface area contributed by atoms with Crippen LogP contribution in [0.15, 0.2) is 24.3 Å². The van der Waals surface area contributed by atoms with E-state index in [1.807, 2.05) is 12.1 Å². The summed E-state index contributed by atoms with van der Waals surface area (Å²) in [5.74, 6) is 0.708. The summed E-state index contributed by atoms with van der Waals surface area (Å²) in [6.45, 7) is 2.84. The highest BCUT2D eigenvalue weighted by molar-refractivity contribution is 7.88. The molecule has 0 N–H and O–H groups in total. The van der Waals surface area contributed by atoms with Crippen LogP contribution in [0, 0.1) is 0 Å². The molecule has 124 valence electrons. The molecule has 23 heavy (non-hydrogen) atoms. The van der Waals surface area contributed by atoms with E-state index in [1.165, 1.54) is 10.6 Å². The zero-order chi connectivity index (χ0) is 16.4. The molecular formula is C13H17ClN6O2S. The van der Waals surface area contributed by atoms with Crippen molar-refractivity contribution in [2.75, 3.05) is 32.4 Å². The van der Waals surface area contributed by atoms with E-state index in [0.717, 1.165) is 5.69 Å². The minimum Gasteiger partial charge on any atom is -0.293 e. The van der Waals surface area contributed by atoms with Crippen molar-refractivity contribution in [2.45, 2.75) is 6.54 Å². The van der Waals surface area contributed by atoms with Gasteiger partial charge in [0.05, 0.1) is 18.5 Å². The van der Waals surface area contributed by atoms with Gasteiger partial charge >= 0.3 is 0 Å². The van der Waals surface area contributed by atoms with Gasteiger partial charge in [-0.2, -0.15) is 8.99 Å². The molecule has 2 aromatic rings. The third kappa shape index (κ3) is 3.86. The van der Waals surface area contributed by atoms with E-state index in [-0.39, 0.29) is 0 Å². The van der Waals surface area contributed by atoms with Crippen molar-refractivity contribution in [2.24, 2.45) is 0 Å². The number of hydrogen-bond acceptors (Lipinski definition) is 6. The highest BCUT2D eigenvalue weighted by Crippen LogP contribution is 2.15. The molecule has 1 aliphatic rings. The summed E-state index contributed by atoms with van der Waals surface area (Å²) >= 11 is 5.90. The first-order valence-electron chi connectivity index (χ1n) is 7.14. The van der Waals surface area contributed by atoms with Crippen molar-refractivity contribution >= 4 is 21.6 Å². The molecule has 0 radical (unpaired) electrons. The SMILES string of the molecule is CS(=O)(=O)N1CCN(Cc2nnnn2-c2ccc(Cl)cc2)CC1. The number of hydrogen-bond donors (Lipinski definition) is 0. The van der Waals surface area contributed by atoms with Gasteiger partial charge in [-0.15, -0.1) is 5.10 Å². The summed E-state index contributed by atoms with van der Waals surface area (Å²) in [5, 5.41) is 12.5. The van der Waals surface area contributed by atoms with Crippen LogP contribution in [0.1, 0.15) is 5.82 Å². The van der Waals surface area contributed by atoms with Crippen LogP contribution < -0.4 is 0 Å². The predicted octanol–water partition coefficient (Wildman–Crippen LogP) is 0.393. The summed E-state index contributed by atoms with van der Waals surface area (Å²) in [6.07, 6.45) is 1.24. The fourth-order valence-corrected chi connectivity index (χ4v) is 3.46. The molecule has 2 heterocycles. The molecule has 1 fully saturated rings. The van der Waals surface area contributed by atoms with Crippen molar-refractivity contribution in [3.8, 4) is 5.69 Å². The zero-order valence-corrected chi connectivity index (χ0v) is 14.2. The maximum atomic E-state index is 11.5. The Kier molecular flexibility index (Phi) is 4.62. The number of halogens is 1. The lowest BCUT2D eigenvalue weighted by atomic mass is 10.3. The van der Waals surface area contributed by atoms with E-state index in [9.17, 15) is 8.42 Å². The Morgan fingerprint density at radius 2 is 1.78 bits per heavy atom. The number of rotatable bonds is 4. The fraction of sp³-hybridized carbons (Fsp3) is 0.462. The summed E-state index contributed by atoms with van der Waals surface area (Å²) in [7, 11) is -3.12. The van der Waals surface area contributed by atoms with Crippen LogP contribution in [0.3, 0.4) is 0 Å². The number of tetrazole rings is 1. The quantitative estimate of drug-likeness (QED) is 0.788. The monoisotopic (exact) mass is 356 g/mol. The van der Waals surface area contributed by atoms with Gasteiger partial charge < -0.3 is 0 Å². The highest BCUT2D eigenvalue weighted by Gasteiger charge is 2.24. The van der Waals surface area contributed by atoms with Crippen molar-refractivity contribution in [1.29, 1.82) is 0 Å². The Morgan fingerprint density at radius 3 is 2.39 bits per heavy atom. The van der Waals surface area contributed by atoms with Crippen LogP contribution in [0.4, 0.5) is 0 Å². The standard InChI is InChI=1S/C13H17ClN6O2S/c1-23(21,22)19-8-6-18(7-9-19)10-13-15-16-17-20(13)12-4-2-11(14)3-5-12/h2-5H,6-10H2,1H3. The second-order valence-electron chi connectivity index (χ2n) is 5.42. The third-order valence-corrected chi connectivity index (χ3v) is 5.33. The first kappa shape index (κ1) is 16.3. The number of nitrogens with zero attached hydrogens (tertiary/aromatic N) is 6. The molecule has 10 heteroatoms. The molecule has 1 aromatic carbocycles. The first-order valence-corrected chi connectivity index (χ1v) is 9.37. The van der Waals surface area contributed by atoms with Gasteiger partial charge in [0.1, 0.15) is 0 Å². The van der Waals surface area contributed by atoms with E-state index in [4.69, 9.17) is 11.6 Å². The van der Waals surface area contributed by atoms with Crippen LogP contribution >= 0.6 is 11.6 Å². The maximum Gasteiger partial charge on any atom is 0.211 e. The van der Waals surface area contributed by atoms with Gasteiger partial charge in [-0.1, -0.05) is 11.6 Å². The molecule has 1 saturated heterocycles. The zero-order valence-electron chi connectivity index (χ0n) is 12.6. The summed E-state index contributed by atoms with van der Waals surface area (Å²) in [4.78, 5) is 2.14. The minimum atomic E-state index is -3.12. The van der Waals surface area contributed by atoms with Gasteiger partial charge in [-0.05, 0) is 34.7 Å². The van der Waals surface area contributed by atoms with Crippen LogP contribution in [-0.4, -0.2) is 70.3 Å². The number of benzene rings is 1. The normalized spacial score (nSPS) is 17.5. The molecule has 8 nitrogen and oxygen atoms in total. The number of piperazine rings is 1. The van der Waals surface area contributed by atoms with Crippen molar-refractivity contribution in [1.82, 2.24) is 29.4 Å². The molecule has 0 spiro atoms. The first-order chi connectivity index (χ1) is 10.9. The van der Waals surface area contributed by atoms with E-state index in [2.05, 4.69) is 20.4 Å². The van der Waals surface area contributed by atoms with Gasteiger partial charge in [-0.25, -0.2) is 8.42 Å². The fourth-order valence-electron chi connectivity index (χ4n) is 2.51. The number of sulfonamides is 1. The van der Waals surface area contributed by atoms with Gasteiger partial charge in [0, 0.05) is 31.2 Å². The summed E-state index contributed by atoms with van der Waals surface area (Å²) < 4.78 is 26.2. The summed E-state index contributed by atoms with van der Waals surface area (Å²) in [6, 6.07) is 7.27. The molecule has 1 aliphatic heterocycles. The summed E-state index contributed by atoms with van der Waals surface area (Å²) in [5.41, 5.74) is 0.837. The maximum absolute atomic E-state index is 11.5. The van der Waals surface area contributed by atoms with Gasteiger partial charge in [-0.3, -0.25) is 4.90 Å². The second kappa shape index (κ2) is 6.52. The highest BCUT2D eigenvalue weighted by atomic mass is 35.5. The predicted molar refractivity (Wildman–Crippen MR) is 85.9 cm³/mol. The second-order valence-corrected chi connectivity index (χ2v) is 7.84. The van der Waals surface area contributed by atoms with E-state index >= 15 is 0 Å².